The fourth-order valence-corrected chi connectivity index (χ4v) is 14.5. The van der Waals surface area contributed by atoms with Crippen LogP contribution in [0, 0.1) is 35.5 Å². The topological polar surface area (TPSA) is 738 Å². The van der Waals surface area contributed by atoms with Crippen molar-refractivity contribution < 1.29 is 136 Å². The van der Waals surface area contributed by atoms with Crippen LogP contribution in [0.2, 0.25) is 0 Å². The second-order valence-corrected chi connectivity index (χ2v) is 35.7. The maximum Gasteiger partial charge on any atom is 0.326 e. The Bertz CT molecular complexity index is 4460. The minimum Gasteiger partial charge on any atom is -0.481 e. The number of carboxylic acids is 4. The van der Waals surface area contributed by atoms with E-state index in [0.29, 0.717) is 22.9 Å². The molecule has 47 nitrogen and oxygen atoms in total. The fraction of sp³-hybridized carbons (Fsp3) is 0.659. The first-order valence-electron chi connectivity index (χ1n) is 44.1. The summed E-state index contributed by atoms with van der Waals surface area (Å²) in [6.45, 7) is 20.6. The zero-order valence-electron chi connectivity index (χ0n) is 77.8. The summed E-state index contributed by atoms with van der Waals surface area (Å²) in [5.41, 5.74) is 6.64. The molecule has 1 aromatic heterocycles. The van der Waals surface area contributed by atoms with E-state index in [1.165, 1.54) is 45.7 Å². The van der Waals surface area contributed by atoms with Gasteiger partial charge in [0, 0.05) is 54.4 Å². The van der Waals surface area contributed by atoms with E-state index in [4.69, 9.17) is 10.8 Å². The van der Waals surface area contributed by atoms with Gasteiger partial charge in [-0.1, -0.05) is 108 Å². The maximum atomic E-state index is 14.6. The summed E-state index contributed by atoms with van der Waals surface area (Å²) < 4.78 is 0. The lowest BCUT2D eigenvalue weighted by molar-refractivity contribution is -0.143. The Balaban J connectivity index is 1.83. The molecule has 0 spiro atoms. The number of carboxylic acid groups (broad SMARTS) is 4. The van der Waals surface area contributed by atoms with Gasteiger partial charge in [-0.2, -0.15) is 25.3 Å². The van der Waals surface area contributed by atoms with Gasteiger partial charge in [-0.05, 0) is 106 Å². The molecule has 20 atom stereocenters. The second kappa shape index (κ2) is 56.4. The number of H-pyrrole nitrogens is 1. The van der Waals surface area contributed by atoms with E-state index in [-0.39, 0.29) is 56.1 Å². The normalized spacial score (nSPS) is 16.8. The number of hydrogen-bond donors (Lipinski definition) is 27. The van der Waals surface area contributed by atoms with E-state index < -0.39 is 314 Å². The van der Waals surface area contributed by atoms with Crippen LogP contribution in [0.5, 0.6) is 0 Å². The molecular weight excluding hydrogens is 1800 g/mol. The molecule has 0 aliphatic carbocycles. The molecule has 17 amide bonds. The molecule has 1 aliphatic heterocycles. The van der Waals surface area contributed by atoms with Gasteiger partial charge >= 0.3 is 23.9 Å². The number of aromatic nitrogens is 1. The number of hydrogen-bond acceptors (Lipinski definition) is 27. The Hall–Kier alpha value is -11.8. The van der Waals surface area contributed by atoms with E-state index in [1.807, 2.05) is 0 Å². The van der Waals surface area contributed by atoms with E-state index in [1.54, 1.807) is 79.7 Å². The number of carbonyl (C=O) groups excluding carboxylic acids is 17. The highest BCUT2D eigenvalue weighted by Crippen LogP contribution is 2.24. The monoisotopic (exact) mass is 1930 g/mol. The van der Waals surface area contributed by atoms with E-state index >= 15 is 0 Å². The van der Waals surface area contributed by atoms with Crippen molar-refractivity contribution in [3.63, 3.8) is 0 Å². The number of thiol groups is 2. The predicted molar refractivity (Wildman–Crippen MR) is 487 cm³/mol. The van der Waals surface area contributed by atoms with Gasteiger partial charge in [0.15, 0.2) is 0 Å². The number of nitrogens with one attached hydrogen (secondary N) is 17. The number of nitrogens with zero attached hydrogens (tertiary/aromatic N) is 1. The van der Waals surface area contributed by atoms with Crippen LogP contribution in [-0.2, 0) is 107 Å². The van der Waals surface area contributed by atoms with Gasteiger partial charge < -0.3 is 136 Å². The van der Waals surface area contributed by atoms with Crippen molar-refractivity contribution in [1.82, 2.24) is 95.0 Å². The number of rotatable bonds is 58. The minimum absolute atomic E-state index is 0.0216. The molecule has 0 radical (unpaired) electrons. The van der Waals surface area contributed by atoms with Crippen LogP contribution in [-0.4, -0.2) is 316 Å². The minimum atomic E-state index is -2.00. The predicted octanol–water partition coefficient (Wildman–Crippen LogP) is -5.55. The molecule has 1 saturated heterocycles. The number of likely N-dealkylation sites (tertiary alicyclic amines) is 1. The summed E-state index contributed by atoms with van der Waals surface area (Å²) in [5, 5.41) is 109. The Labute approximate surface area is 786 Å². The van der Waals surface area contributed by atoms with Gasteiger partial charge in [0.05, 0.1) is 37.8 Å². The molecule has 3 rings (SSSR count). The molecule has 26 N–H and O–H groups in total. The number of aromatic amines is 1. The Morgan fingerprint density at radius 1 is 0.448 bits per heavy atom. The van der Waals surface area contributed by atoms with Crippen LogP contribution in [0.1, 0.15) is 174 Å². The molecule has 1 fully saturated rings. The highest BCUT2D eigenvalue weighted by atomic mass is 32.1. The number of fused-ring (bicyclic) bond motifs is 1. The number of amides is 17. The largest absolute Gasteiger partial charge is 0.481 e. The number of para-hydroxylation sites is 1. The summed E-state index contributed by atoms with van der Waals surface area (Å²) in [5.74, 6) is -27.3. The van der Waals surface area contributed by atoms with Gasteiger partial charge in [-0.3, -0.25) is 95.9 Å². The van der Waals surface area contributed by atoms with E-state index in [0.717, 1.165) is 13.8 Å². The lowest BCUT2D eigenvalue weighted by Crippen LogP contribution is -2.62. The Morgan fingerprint density at radius 2 is 0.858 bits per heavy atom. The van der Waals surface area contributed by atoms with Crippen LogP contribution in [0.4, 0.5) is 0 Å². The van der Waals surface area contributed by atoms with Gasteiger partial charge in [-0.25, -0.2) is 4.79 Å². The average Bonchev–Trinajstić information content (AvgIpc) is 1.65. The summed E-state index contributed by atoms with van der Waals surface area (Å²) in [6, 6.07) is -20.0. The highest BCUT2D eigenvalue weighted by molar-refractivity contribution is 7.80. The number of nitrogens with two attached hydrogens (primary N) is 1. The summed E-state index contributed by atoms with van der Waals surface area (Å²) in [4.78, 5) is 289. The molecule has 49 heteroatoms. The molecule has 2 heterocycles. The third kappa shape index (κ3) is 37.6. The molecule has 1 aromatic carbocycles. The summed E-state index contributed by atoms with van der Waals surface area (Å²) in [6.07, 6.45) is -5.27. The first-order valence-corrected chi connectivity index (χ1v) is 45.4. The van der Waals surface area contributed by atoms with Crippen LogP contribution < -0.4 is 90.8 Å². The summed E-state index contributed by atoms with van der Waals surface area (Å²) in [7, 11) is 0. The summed E-state index contributed by atoms with van der Waals surface area (Å²) >= 11 is 8.44. The van der Waals surface area contributed by atoms with Crippen molar-refractivity contribution in [3.05, 3.63) is 36.0 Å². The Kier molecular flexibility index (Phi) is 48.9. The van der Waals surface area contributed by atoms with Crippen molar-refractivity contribution >= 4 is 160 Å². The first kappa shape index (κ1) is 116. The van der Waals surface area contributed by atoms with Crippen molar-refractivity contribution in [3.8, 4) is 0 Å². The number of aliphatic hydroxyl groups is 3. The zero-order valence-corrected chi connectivity index (χ0v) is 79.5. The highest BCUT2D eigenvalue weighted by Gasteiger charge is 2.44. The number of aliphatic hydroxyl groups excluding tert-OH is 3. The van der Waals surface area contributed by atoms with Gasteiger partial charge in [0.25, 0.3) is 0 Å². The standard InChI is InChI=1S/C85H135N19O28S2/c1-16-42(12)66(81(127)94-54(85(131)132)29-38(4)5)101-77(123)57(36-134)97-82(128)67(44(14)106)102-69(115)43(13)89-76(122)56(35-133)96-78(124)58-22-19-27-104(58)84(130)65(41(10)11)98-59(108)33-88-71(117)53(30-46-32-87-49-21-18-17-20-47(46)49)93-72(118)50(23-25-60(109)110)90-75(121)55(34-105)95-74(120)52(28-37(2)3)92-73(119)51(24-26-61(111)112)91-79(125)63(39(6)7)99-80(126)64(40(8)9)100-83(129)68(45(15)107)103-70(116)48(86)31-62(113)114/h17-18,20-21,32,37-45,48,50-58,63-68,87,105-107,133-134H,16,19,22-31,33-36,86H2,1-15H3,(H,88,117)(H,89,122)(H,90,121)(H,91,125)(H,92,119)(H,93,118)(H,94,127)(H,95,120)(H,96,124)(H,97,128)(H,98,108)(H,99,126)(H,100,129)(H,101,123)(H,102,115)(H,103,116)(H,109,110)(H,111,112)(H,113,114)(H,131,132)/t42-,43-,44+,45+,48-,50-,51-,52-,53-,54-,55-,56-,57-,58-,63-,64-,65-,66-,67-,68-/m0/s1. The van der Waals surface area contributed by atoms with Gasteiger partial charge in [-0.15, -0.1) is 0 Å². The van der Waals surface area contributed by atoms with Crippen molar-refractivity contribution in [2.24, 2.45) is 41.2 Å². The lowest BCUT2D eigenvalue weighted by atomic mass is 9.96. The van der Waals surface area contributed by atoms with Gasteiger partial charge in [0.1, 0.15) is 96.7 Å². The molecule has 1 aliphatic rings. The first-order chi connectivity index (χ1) is 62.6. The van der Waals surface area contributed by atoms with E-state index in [9.17, 15) is 131 Å². The molecule has 0 bridgehead atoms. The van der Waals surface area contributed by atoms with Crippen molar-refractivity contribution in [2.75, 3.05) is 31.2 Å². The van der Waals surface area contributed by atoms with Crippen LogP contribution in [0.25, 0.3) is 10.9 Å². The number of benzene rings is 1. The molecular formula is C85H135N19O28S2. The molecule has 2 aromatic rings. The third-order valence-electron chi connectivity index (χ3n) is 21.8. The molecule has 750 valence electrons. The Morgan fingerprint density at radius 3 is 1.35 bits per heavy atom. The van der Waals surface area contributed by atoms with Crippen LogP contribution in [0.3, 0.4) is 0 Å². The average molecular weight is 1940 g/mol. The number of carbonyl (C=O) groups is 21. The second-order valence-electron chi connectivity index (χ2n) is 35.0. The number of aliphatic carboxylic acids is 4. The maximum absolute atomic E-state index is 14.6. The van der Waals surface area contributed by atoms with Crippen LogP contribution >= 0.6 is 25.3 Å². The van der Waals surface area contributed by atoms with E-state index in [2.05, 4.69) is 115 Å². The smallest absolute Gasteiger partial charge is 0.326 e. The quantitative estimate of drug-likeness (QED) is 0.0275. The third-order valence-corrected chi connectivity index (χ3v) is 22.5. The van der Waals surface area contributed by atoms with Crippen LogP contribution in [0.15, 0.2) is 30.5 Å². The fourth-order valence-electron chi connectivity index (χ4n) is 14.0. The van der Waals surface area contributed by atoms with Gasteiger partial charge in [0.2, 0.25) is 100 Å². The SMILES string of the molecule is CC[C@H](C)[C@H](NC(=O)[C@H](CS)NC(=O)[C@@H](NC(=O)[C@H](C)NC(=O)[C@H](CS)NC(=O)[C@@H]1CCCN1C(=O)[C@@H](NC(=O)CNC(=O)[C@H](Cc1c[nH]c2ccccc12)NC(=O)[C@H](CCC(=O)O)NC(=O)[C@H](CO)NC(=O)[C@H](CC(C)C)NC(=O)[C@H](CCC(=O)O)NC(=O)[C@@H](NC(=O)[C@@H](NC(=O)[C@@H](NC(=O)[C@@H](N)CC(=O)O)[C@@H](C)O)C(C)C)C(C)C)C(C)C)[C@@H](C)O)C(=O)N[C@@H](CC(C)C)C(=O)O. The lowest BCUT2D eigenvalue weighted by Gasteiger charge is -2.31. The molecule has 0 unspecified atom stereocenters. The van der Waals surface area contributed by atoms with Crippen molar-refractivity contribution in [1.29, 1.82) is 0 Å². The molecule has 134 heavy (non-hydrogen) atoms. The molecule has 0 saturated carbocycles. The van der Waals surface area contributed by atoms with Crippen molar-refractivity contribution in [2.45, 2.75) is 289 Å². The zero-order chi connectivity index (χ0) is 102.